The molecule has 1 aromatic heterocycles. The lowest BCUT2D eigenvalue weighted by Gasteiger charge is -2.04. The number of ether oxygens (including phenoxy) is 2. The summed E-state index contributed by atoms with van der Waals surface area (Å²) in [5.41, 5.74) is 2.19. The summed E-state index contributed by atoms with van der Waals surface area (Å²) < 4.78 is 12.3. The number of nitrogens with one attached hydrogen (secondary N) is 1. The van der Waals surface area contributed by atoms with Gasteiger partial charge in [0.15, 0.2) is 11.5 Å². The number of fused-ring (bicyclic) bond motifs is 1. The molecule has 3 aromatic rings. The number of nitrogens with zero attached hydrogens (tertiary/aromatic N) is 2. The number of anilines is 1. The van der Waals surface area contributed by atoms with Crippen molar-refractivity contribution in [3.05, 3.63) is 71.0 Å². The van der Waals surface area contributed by atoms with E-state index in [1.165, 1.54) is 0 Å². The molecule has 1 aliphatic heterocycles. The predicted octanol–water partition coefficient (Wildman–Crippen LogP) is 3.57. The summed E-state index contributed by atoms with van der Waals surface area (Å²) >= 11 is 5.88. The second-order valence-electron chi connectivity index (χ2n) is 5.58. The average Bonchev–Trinajstić information content (AvgIpc) is 3.25. The molecule has 1 amide bonds. The smallest absolute Gasteiger partial charge is 0.255 e. The Morgan fingerprint density at radius 3 is 2.80 bits per heavy atom. The predicted molar refractivity (Wildman–Crippen MR) is 93.3 cm³/mol. The van der Waals surface area contributed by atoms with Crippen LogP contribution in [0.4, 0.5) is 5.69 Å². The van der Waals surface area contributed by atoms with Crippen molar-refractivity contribution in [3.63, 3.8) is 0 Å². The fourth-order valence-corrected chi connectivity index (χ4v) is 2.66. The lowest BCUT2D eigenvalue weighted by molar-refractivity contribution is 0.102. The molecule has 0 atom stereocenters. The van der Waals surface area contributed by atoms with E-state index in [4.69, 9.17) is 21.1 Å². The third-order valence-electron chi connectivity index (χ3n) is 3.78. The topological polar surface area (TPSA) is 65.4 Å². The average molecular weight is 356 g/mol. The van der Waals surface area contributed by atoms with Crippen LogP contribution in [0.25, 0.3) is 0 Å². The van der Waals surface area contributed by atoms with Crippen molar-refractivity contribution in [2.24, 2.45) is 0 Å². The molecule has 4 rings (SSSR count). The number of aromatic nitrogens is 2. The number of benzene rings is 2. The van der Waals surface area contributed by atoms with Gasteiger partial charge in [-0.3, -0.25) is 9.48 Å². The van der Waals surface area contributed by atoms with Gasteiger partial charge in [0, 0.05) is 16.8 Å². The summed E-state index contributed by atoms with van der Waals surface area (Å²) in [5, 5.41) is 7.78. The molecule has 0 fully saturated rings. The quantitative estimate of drug-likeness (QED) is 0.777. The number of halogens is 1. The number of carbonyl (C=O) groups excluding carboxylic acids is 1. The van der Waals surface area contributed by atoms with E-state index in [0.717, 1.165) is 5.56 Å². The molecular formula is C18H14ClN3O3. The van der Waals surface area contributed by atoms with E-state index in [0.29, 0.717) is 34.3 Å². The molecular weight excluding hydrogens is 342 g/mol. The molecule has 0 unspecified atom stereocenters. The zero-order valence-electron chi connectivity index (χ0n) is 13.1. The third-order valence-corrected chi connectivity index (χ3v) is 4.04. The largest absolute Gasteiger partial charge is 0.454 e. The lowest BCUT2D eigenvalue weighted by Crippen LogP contribution is -2.11. The highest BCUT2D eigenvalue weighted by atomic mass is 35.5. The molecule has 1 N–H and O–H groups in total. The Hall–Kier alpha value is -2.99. The number of carbonyl (C=O) groups is 1. The summed E-state index contributed by atoms with van der Waals surface area (Å²) in [4.78, 5) is 12.4. The van der Waals surface area contributed by atoms with Gasteiger partial charge in [0.25, 0.3) is 5.91 Å². The van der Waals surface area contributed by atoms with E-state index in [1.54, 1.807) is 35.3 Å². The van der Waals surface area contributed by atoms with E-state index in [9.17, 15) is 4.79 Å². The van der Waals surface area contributed by atoms with Crippen LogP contribution in [-0.4, -0.2) is 22.5 Å². The van der Waals surface area contributed by atoms with Crippen molar-refractivity contribution in [1.29, 1.82) is 0 Å². The maximum Gasteiger partial charge on any atom is 0.255 e. The van der Waals surface area contributed by atoms with Crippen molar-refractivity contribution in [2.45, 2.75) is 6.54 Å². The Balaban J connectivity index is 1.43. The molecule has 0 radical (unpaired) electrons. The van der Waals surface area contributed by atoms with Gasteiger partial charge >= 0.3 is 0 Å². The normalized spacial score (nSPS) is 12.2. The molecule has 126 valence electrons. The van der Waals surface area contributed by atoms with Gasteiger partial charge < -0.3 is 14.8 Å². The highest BCUT2D eigenvalue weighted by Gasteiger charge is 2.16. The van der Waals surface area contributed by atoms with E-state index >= 15 is 0 Å². The zero-order valence-corrected chi connectivity index (χ0v) is 13.9. The van der Waals surface area contributed by atoms with E-state index in [1.807, 2.05) is 24.3 Å². The summed E-state index contributed by atoms with van der Waals surface area (Å²) in [6.07, 6.45) is 3.39. The maximum atomic E-state index is 12.4. The monoisotopic (exact) mass is 355 g/mol. The Kier molecular flexibility index (Phi) is 4.03. The first-order chi connectivity index (χ1) is 12.2. The van der Waals surface area contributed by atoms with Gasteiger partial charge in [0.05, 0.1) is 18.4 Å². The van der Waals surface area contributed by atoms with Crippen LogP contribution in [-0.2, 0) is 6.54 Å². The van der Waals surface area contributed by atoms with Crippen LogP contribution in [0.5, 0.6) is 11.5 Å². The fraction of sp³-hybridized carbons (Fsp3) is 0.111. The van der Waals surface area contributed by atoms with Crippen LogP contribution in [0, 0.1) is 0 Å². The molecule has 7 heteroatoms. The van der Waals surface area contributed by atoms with Gasteiger partial charge in [-0.05, 0) is 35.9 Å². The summed E-state index contributed by atoms with van der Waals surface area (Å²) in [6.45, 7) is 0.773. The second-order valence-corrected chi connectivity index (χ2v) is 6.01. The molecule has 0 spiro atoms. The molecule has 1 aliphatic rings. The molecule has 2 heterocycles. The van der Waals surface area contributed by atoms with Gasteiger partial charge in [-0.2, -0.15) is 5.10 Å². The molecule has 0 saturated carbocycles. The Bertz CT molecular complexity index is 922. The van der Waals surface area contributed by atoms with Gasteiger partial charge in [0.2, 0.25) is 6.79 Å². The maximum absolute atomic E-state index is 12.4. The summed E-state index contributed by atoms with van der Waals surface area (Å²) in [6, 6.07) is 12.6. The first-order valence-electron chi connectivity index (χ1n) is 7.65. The molecule has 25 heavy (non-hydrogen) atoms. The van der Waals surface area contributed by atoms with E-state index in [-0.39, 0.29) is 12.7 Å². The minimum Gasteiger partial charge on any atom is -0.454 e. The fourth-order valence-electron chi connectivity index (χ4n) is 2.53. The Morgan fingerprint density at radius 2 is 1.96 bits per heavy atom. The summed E-state index contributed by atoms with van der Waals surface area (Å²) in [7, 11) is 0. The Labute approximate surface area is 148 Å². The van der Waals surface area contributed by atoms with Crippen LogP contribution < -0.4 is 14.8 Å². The minimum atomic E-state index is -0.232. The third kappa shape index (κ3) is 3.44. The number of rotatable bonds is 4. The highest BCUT2D eigenvalue weighted by molar-refractivity contribution is 6.30. The van der Waals surface area contributed by atoms with Crippen molar-refractivity contribution in [1.82, 2.24) is 9.78 Å². The Morgan fingerprint density at radius 1 is 1.16 bits per heavy atom. The first kappa shape index (κ1) is 15.5. The van der Waals surface area contributed by atoms with Crippen LogP contribution >= 0.6 is 11.6 Å². The highest BCUT2D eigenvalue weighted by Crippen LogP contribution is 2.32. The van der Waals surface area contributed by atoms with Crippen molar-refractivity contribution < 1.29 is 14.3 Å². The molecule has 0 saturated heterocycles. The van der Waals surface area contributed by atoms with Crippen molar-refractivity contribution in [2.75, 3.05) is 12.1 Å². The van der Waals surface area contributed by atoms with Crippen molar-refractivity contribution in [3.8, 4) is 11.5 Å². The van der Waals surface area contributed by atoms with Gasteiger partial charge in [0.1, 0.15) is 0 Å². The molecule has 0 aliphatic carbocycles. The minimum absolute atomic E-state index is 0.178. The molecule has 6 nitrogen and oxygen atoms in total. The second kappa shape index (κ2) is 6.49. The SMILES string of the molecule is O=C(Nc1cnn(Cc2ccc(Cl)cc2)c1)c1ccc2c(c1)OCO2. The lowest BCUT2D eigenvalue weighted by atomic mass is 10.2. The van der Waals surface area contributed by atoms with Crippen LogP contribution in [0.1, 0.15) is 15.9 Å². The number of hydrogen-bond donors (Lipinski definition) is 1. The van der Waals surface area contributed by atoms with Crippen LogP contribution in [0.3, 0.4) is 0 Å². The number of hydrogen-bond acceptors (Lipinski definition) is 4. The zero-order chi connectivity index (χ0) is 17.2. The van der Waals surface area contributed by atoms with Gasteiger partial charge in [-0.25, -0.2) is 0 Å². The van der Waals surface area contributed by atoms with Crippen LogP contribution in [0.2, 0.25) is 5.02 Å². The van der Waals surface area contributed by atoms with Crippen molar-refractivity contribution >= 4 is 23.2 Å². The molecule has 0 bridgehead atoms. The van der Waals surface area contributed by atoms with E-state index < -0.39 is 0 Å². The van der Waals surface area contributed by atoms with Gasteiger partial charge in [-0.15, -0.1) is 0 Å². The first-order valence-corrected chi connectivity index (χ1v) is 8.03. The van der Waals surface area contributed by atoms with E-state index in [2.05, 4.69) is 10.4 Å². The van der Waals surface area contributed by atoms with Gasteiger partial charge in [-0.1, -0.05) is 23.7 Å². The number of amides is 1. The standard InChI is InChI=1S/C18H14ClN3O3/c19-14-4-1-12(2-5-14)9-22-10-15(8-20-22)21-18(23)13-3-6-16-17(7-13)25-11-24-16/h1-8,10H,9,11H2,(H,21,23). The van der Waals surface area contributed by atoms with Crippen LogP contribution in [0.15, 0.2) is 54.9 Å². The summed E-state index contributed by atoms with van der Waals surface area (Å²) in [5.74, 6) is 0.989. The molecule has 2 aromatic carbocycles.